The highest BCUT2D eigenvalue weighted by atomic mass is 32.1. The van der Waals surface area contributed by atoms with Gasteiger partial charge in [-0.05, 0) is 44.4 Å². The lowest BCUT2D eigenvalue weighted by Gasteiger charge is -2.29. The van der Waals surface area contributed by atoms with Gasteiger partial charge in [-0.15, -0.1) is 0 Å². The number of hydrogen-bond donors (Lipinski definition) is 1. The monoisotopic (exact) mass is 467 g/mol. The number of benzene rings is 1. The molecule has 174 valence electrons. The lowest BCUT2D eigenvalue weighted by Crippen LogP contribution is -2.37. The number of piperidine rings is 1. The molecular weight excluding hydrogens is 438 g/mol. The summed E-state index contributed by atoms with van der Waals surface area (Å²) in [7, 11) is 1.65. The van der Waals surface area contributed by atoms with Crippen molar-refractivity contribution >= 4 is 44.1 Å². The molecule has 1 aromatic carbocycles. The number of anilines is 3. The highest BCUT2D eigenvalue weighted by Gasteiger charge is 2.22. The van der Waals surface area contributed by atoms with Crippen molar-refractivity contribution in [3.05, 3.63) is 35.5 Å². The van der Waals surface area contributed by atoms with Gasteiger partial charge >= 0.3 is 0 Å². The first-order valence-corrected chi connectivity index (χ1v) is 12.3. The third-order valence-corrected chi connectivity index (χ3v) is 7.35. The summed E-state index contributed by atoms with van der Waals surface area (Å²) in [6.45, 7) is 6.92. The molecular formula is C24H29N5O3S. The number of ether oxygens (including phenoxy) is 2. The van der Waals surface area contributed by atoms with Crippen molar-refractivity contribution in [2.75, 3.05) is 61.6 Å². The average Bonchev–Trinajstić information content (AvgIpc) is 3.28. The maximum atomic E-state index is 13.2. The molecule has 0 radical (unpaired) electrons. The standard InChI is InChI=1S/C24H29N5O3S/c1-16-17(8-9-25-22(16)29-12-14-32-15-13-29)23(30)27-24-26-20-19(31-2)7-6-18(21(20)33-24)28-10-4-3-5-11-28/h6-9H,3-5,10-15H2,1-2H3,(H,26,27,30). The number of carbonyl (C=O) groups excluding carboxylic acids is 1. The van der Waals surface area contributed by atoms with Crippen LogP contribution in [-0.4, -0.2) is 62.4 Å². The van der Waals surface area contributed by atoms with E-state index in [0.717, 1.165) is 59.2 Å². The largest absolute Gasteiger partial charge is 0.494 e. The van der Waals surface area contributed by atoms with Crippen molar-refractivity contribution in [3.8, 4) is 5.75 Å². The molecule has 4 heterocycles. The minimum absolute atomic E-state index is 0.179. The van der Waals surface area contributed by atoms with Crippen LogP contribution in [0.15, 0.2) is 24.4 Å². The Balaban J connectivity index is 1.44. The highest BCUT2D eigenvalue weighted by molar-refractivity contribution is 7.23. The molecule has 2 aliphatic rings. The lowest BCUT2D eigenvalue weighted by molar-refractivity contribution is 0.102. The molecule has 2 fully saturated rings. The molecule has 3 aromatic rings. The smallest absolute Gasteiger partial charge is 0.257 e. The quantitative estimate of drug-likeness (QED) is 0.605. The van der Waals surface area contributed by atoms with Crippen LogP contribution in [0.2, 0.25) is 0 Å². The van der Waals surface area contributed by atoms with Crippen LogP contribution in [0.5, 0.6) is 5.75 Å². The predicted octanol–water partition coefficient (Wildman–Crippen LogP) is 4.09. The van der Waals surface area contributed by atoms with Crippen LogP contribution >= 0.6 is 11.3 Å². The van der Waals surface area contributed by atoms with Gasteiger partial charge in [0.15, 0.2) is 5.13 Å². The number of fused-ring (bicyclic) bond motifs is 1. The summed E-state index contributed by atoms with van der Waals surface area (Å²) in [5.74, 6) is 1.38. The summed E-state index contributed by atoms with van der Waals surface area (Å²) < 4.78 is 12.1. The van der Waals surface area contributed by atoms with Crippen molar-refractivity contribution in [2.24, 2.45) is 0 Å². The first kappa shape index (κ1) is 21.9. The van der Waals surface area contributed by atoms with Crippen molar-refractivity contribution in [3.63, 3.8) is 0 Å². The zero-order valence-corrected chi connectivity index (χ0v) is 19.9. The Labute approximate surface area is 197 Å². The van der Waals surface area contributed by atoms with Crippen molar-refractivity contribution in [1.29, 1.82) is 0 Å². The summed E-state index contributed by atoms with van der Waals surface area (Å²) in [6, 6.07) is 5.85. The van der Waals surface area contributed by atoms with Gasteiger partial charge in [0.1, 0.15) is 17.1 Å². The number of carbonyl (C=O) groups is 1. The van der Waals surface area contributed by atoms with Crippen molar-refractivity contribution < 1.29 is 14.3 Å². The number of thiazole rings is 1. The molecule has 8 nitrogen and oxygen atoms in total. The summed E-state index contributed by atoms with van der Waals surface area (Å²) in [5.41, 5.74) is 3.43. The maximum Gasteiger partial charge on any atom is 0.257 e. The molecule has 2 aliphatic heterocycles. The number of methoxy groups -OCH3 is 1. The second-order valence-electron chi connectivity index (χ2n) is 8.39. The lowest BCUT2D eigenvalue weighted by atomic mass is 10.1. The summed E-state index contributed by atoms with van der Waals surface area (Å²) in [5, 5.41) is 3.59. The van der Waals surface area contributed by atoms with Gasteiger partial charge in [-0.2, -0.15) is 0 Å². The highest BCUT2D eigenvalue weighted by Crippen LogP contribution is 2.40. The van der Waals surface area contributed by atoms with E-state index in [0.29, 0.717) is 23.9 Å². The molecule has 9 heteroatoms. The Morgan fingerprint density at radius 3 is 2.64 bits per heavy atom. The Hall–Kier alpha value is -2.91. The van der Waals surface area contributed by atoms with Gasteiger partial charge in [0.25, 0.3) is 5.91 Å². The van der Waals surface area contributed by atoms with Gasteiger partial charge in [0, 0.05) is 43.5 Å². The Bertz CT molecular complexity index is 1150. The second-order valence-corrected chi connectivity index (χ2v) is 9.39. The molecule has 1 N–H and O–H groups in total. The van der Waals surface area contributed by atoms with Crippen LogP contribution in [0, 0.1) is 6.92 Å². The third kappa shape index (κ3) is 4.35. The fourth-order valence-electron chi connectivity index (χ4n) is 4.60. The number of amides is 1. The van der Waals surface area contributed by atoms with E-state index >= 15 is 0 Å². The molecule has 0 saturated carbocycles. The van der Waals surface area contributed by atoms with E-state index in [-0.39, 0.29) is 5.91 Å². The number of nitrogens with one attached hydrogen (secondary N) is 1. The fourth-order valence-corrected chi connectivity index (χ4v) is 5.62. The molecule has 0 atom stereocenters. The molecule has 0 bridgehead atoms. The number of pyridine rings is 1. The Morgan fingerprint density at radius 1 is 1.09 bits per heavy atom. The minimum atomic E-state index is -0.179. The molecule has 2 aromatic heterocycles. The topological polar surface area (TPSA) is 79.8 Å². The van der Waals surface area contributed by atoms with E-state index in [1.165, 1.54) is 30.6 Å². The summed E-state index contributed by atoms with van der Waals surface area (Å²) in [6.07, 6.45) is 5.37. The summed E-state index contributed by atoms with van der Waals surface area (Å²) in [4.78, 5) is 27.1. The van der Waals surface area contributed by atoms with Gasteiger partial charge in [0.05, 0.1) is 30.7 Å². The van der Waals surface area contributed by atoms with Crippen molar-refractivity contribution in [1.82, 2.24) is 9.97 Å². The van der Waals surface area contributed by atoms with Gasteiger partial charge in [-0.25, -0.2) is 9.97 Å². The molecule has 0 aliphatic carbocycles. The normalized spacial score (nSPS) is 16.8. The number of rotatable bonds is 5. The Morgan fingerprint density at radius 2 is 1.88 bits per heavy atom. The molecule has 0 unspecified atom stereocenters. The van der Waals surface area contributed by atoms with E-state index < -0.39 is 0 Å². The molecule has 2 saturated heterocycles. The zero-order chi connectivity index (χ0) is 22.8. The number of nitrogens with zero attached hydrogens (tertiary/aromatic N) is 4. The second kappa shape index (κ2) is 9.52. The fraction of sp³-hybridized carbons (Fsp3) is 0.458. The molecule has 5 rings (SSSR count). The van der Waals surface area contributed by atoms with Crippen LogP contribution < -0.4 is 19.9 Å². The van der Waals surface area contributed by atoms with Crippen LogP contribution in [0.4, 0.5) is 16.6 Å². The van der Waals surface area contributed by atoms with E-state index in [2.05, 4.69) is 26.2 Å². The molecule has 0 spiro atoms. The third-order valence-electron chi connectivity index (χ3n) is 6.36. The molecule has 1 amide bonds. The molecule has 33 heavy (non-hydrogen) atoms. The van der Waals surface area contributed by atoms with E-state index in [9.17, 15) is 4.79 Å². The number of aromatic nitrogens is 2. The van der Waals surface area contributed by atoms with Gasteiger partial charge in [-0.1, -0.05) is 11.3 Å². The van der Waals surface area contributed by atoms with E-state index in [1.54, 1.807) is 19.4 Å². The number of hydrogen-bond acceptors (Lipinski definition) is 8. The van der Waals surface area contributed by atoms with E-state index in [1.807, 2.05) is 13.0 Å². The first-order chi connectivity index (χ1) is 16.2. The SMILES string of the molecule is COc1ccc(N2CCCCC2)c2sc(NC(=O)c3ccnc(N4CCOCC4)c3C)nc12. The summed E-state index contributed by atoms with van der Waals surface area (Å²) >= 11 is 1.50. The van der Waals surface area contributed by atoms with E-state index in [4.69, 9.17) is 14.5 Å². The average molecular weight is 468 g/mol. The van der Waals surface area contributed by atoms with Crippen LogP contribution in [0.3, 0.4) is 0 Å². The zero-order valence-electron chi connectivity index (χ0n) is 19.1. The Kier molecular flexibility index (Phi) is 6.32. The first-order valence-electron chi connectivity index (χ1n) is 11.5. The van der Waals surface area contributed by atoms with Gasteiger partial charge in [-0.3, -0.25) is 10.1 Å². The van der Waals surface area contributed by atoms with Gasteiger partial charge in [0.2, 0.25) is 0 Å². The number of morpholine rings is 1. The minimum Gasteiger partial charge on any atom is -0.494 e. The van der Waals surface area contributed by atoms with Gasteiger partial charge < -0.3 is 19.3 Å². The van der Waals surface area contributed by atoms with Crippen LogP contribution in [0.1, 0.15) is 35.2 Å². The predicted molar refractivity (Wildman–Crippen MR) is 132 cm³/mol. The maximum absolute atomic E-state index is 13.2. The van der Waals surface area contributed by atoms with Crippen LogP contribution in [-0.2, 0) is 4.74 Å². The van der Waals surface area contributed by atoms with Crippen LogP contribution in [0.25, 0.3) is 10.2 Å². The van der Waals surface area contributed by atoms with Crippen molar-refractivity contribution in [2.45, 2.75) is 26.2 Å².